The van der Waals surface area contributed by atoms with Crippen LogP contribution in [0.25, 0.3) is 0 Å². The molecule has 2 rings (SSSR count). The minimum atomic E-state index is -0.739. The number of rotatable bonds is 3. The van der Waals surface area contributed by atoms with Crippen LogP contribution in [-0.2, 0) is 21.7 Å². The molecule has 86 valence electrons. The Morgan fingerprint density at radius 3 is 1.35 bits per heavy atom. The fourth-order valence-electron chi connectivity index (χ4n) is 2.28. The van der Waals surface area contributed by atoms with E-state index >= 15 is 0 Å². The normalized spacial score (nSPS) is 10.4. The van der Waals surface area contributed by atoms with Crippen molar-refractivity contribution in [2.75, 3.05) is 0 Å². The van der Waals surface area contributed by atoms with E-state index in [-0.39, 0.29) is 21.7 Å². The SMILES string of the molecule is C[SiH](C)C(c1ccccc1)c1ccccc1.[Ti]. The smallest absolute Gasteiger partial charge is 0.0443 e. The van der Waals surface area contributed by atoms with E-state index in [0.717, 1.165) is 0 Å². The van der Waals surface area contributed by atoms with Crippen LogP contribution in [0.5, 0.6) is 0 Å². The fraction of sp³-hybridized carbons (Fsp3) is 0.200. The zero-order chi connectivity index (χ0) is 11.4. The summed E-state index contributed by atoms with van der Waals surface area (Å²) in [6, 6.07) is 21.8. The maximum absolute atomic E-state index is 2.42. The van der Waals surface area contributed by atoms with Crippen LogP contribution >= 0.6 is 0 Å². The summed E-state index contributed by atoms with van der Waals surface area (Å²) in [5.74, 6) is 0. The first-order valence-electron chi connectivity index (χ1n) is 5.89. The molecule has 0 aliphatic carbocycles. The molecule has 0 aromatic heterocycles. The quantitative estimate of drug-likeness (QED) is 0.746. The third-order valence-corrected chi connectivity index (χ3v) is 5.09. The van der Waals surface area contributed by atoms with E-state index in [0.29, 0.717) is 5.54 Å². The van der Waals surface area contributed by atoms with E-state index in [4.69, 9.17) is 0 Å². The van der Waals surface area contributed by atoms with Gasteiger partial charge in [0.05, 0.1) is 0 Å². The molecule has 2 aromatic rings. The first kappa shape index (κ1) is 14.4. The molecule has 2 heteroatoms. The third-order valence-electron chi connectivity index (χ3n) is 2.98. The monoisotopic (exact) mass is 274 g/mol. The molecular weight excluding hydrogens is 256 g/mol. The maximum Gasteiger partial charge on any atom is 0.0443 e. The largest absolute Gasteiger partial charge is 0.0714 e. The van der Waals surface area contributed by atoms with E-state index < -0.39 is 8.80 Å². The van der Waals surface area contributed by atoms with Crippen LogP contribution < -0.4 is 0 Å². The zero-order valence-electron chi connectivity index (χ0n) is 10.4. The van der Waals surface area contributed by atoms with Crippen molar-refractivity contribution in [3.05, 3.63) is 71.8 Å². The first-order valence-corrected chi connectivity index (χ1v) is 8.86. The molecule has 0 atom stereocenters. The molecule has 0 saturated heterocycles. The summed E-state index contributed by atoms with van der Waals surface area (Å²) in [5.41, 5.74) is 3.58. The Morgan fingerprint density at radius 2 is 1.06 bits per heavy atom. The van der Waals surface area contributed by atoms with E-state index in [1.54, 1.807) is 0 Å². The molecule has 2 aromatic carbocycles. The average Bonchev–Trinajstić information content (AvgIpc) is 2.31. The van der Waals surface area contributed by atoms with Crippen LogP contribution in [0.3, 0.4) is 0 Å². The van der Waals surface area contributed by atoms with Crippen molar-refractivity contribution >= 4 is 8.80 Å². The summed E-state index contributed by atoms with van der Waals surface area (Å²) in [7, 11) is -0.739. The van der Waals surface area contributed by atoms with Gasteiger partial charge >= 0.3 is 0 Å². The predicted octanol–water partition coefficient (Wildman–Crippen LogP) is 3.84. The van der Waals surface area contributed by atoms with Gasteiger partial charge in [0.1, 0.15) is 0 Å². The Bertz CT molecular complexity index is 386. The second kappa shape index (κ2) is 6.95. The van der Waals surface area contributed by atoms with Gasteiger partial charge in [0, 0.05) is 36.1 Å². The Morgan fingerprint density at radius 1 is 0.706 bits per heavy atom. The Labute approximate surface area is 121 Å². The van der Waals surface area contributed by atoms with Crippen LogP contribution in [0, 0.1) is 0 Å². The van der Waals surface area contributed by atoms with Gasteiger partial charge < -0.3 is 0 Å². The average molecular weight is 274 g/mol. The second-order valence-corrected chi connectivity index (χ2v) is 7.70. The minimum absolute atomic E-state index is 0. The first-order chi connectivity index (χ1) is 7.79. The molecule has 17 heavy (non-hydrogen) atoms. The van der Waals surface area contributed by atoms with Gasteiger partial charge in [-0.1, -0.05) is 73.8 Å². The maximum atomic E-state index is 2.42. The molecule has 0 fully saturated rings. The molecule has 0 nitrogen and oxygen atoms in total. The Balaban J connectivity index is 0.00000144. The molecule has 0 radical (unpaired) electrons. The van der Waals surface area contributed by atoms with Gasteiger partial charge in [-0.05, 0) is 11.1 Å². The molecule has 0 unspecified atom stereocenters. The summed E-state index contributed by atoms with van der Waals surface area (Å²) < 4.78 is 0. The number of hydrogen-bond acceptors (Lipinski definition) is 0. The van der Waals surface area contributed by atoms with Crippen LogP contribution in [-0.4, -0.2) is 8.80 Å². The van der Waals surface area contributed by atoms with Gasteiger partial charge in [-0.15, -0.1) is 0 Å². The molecule has 0 N–H and O–H groups in total. The summed E-state index contributed by atoms with van der Waals surface area (Å²) in [5, 5.41) is 0. The van der Waals surface area contributed by atoms with Crippen molar-refractivity contribution in [2.24, 2.45) is 0 Å². The Kier molecular flexibility index (Phi) is 5.90. The van der Waals surface area contributed by atoms with Gasteiger partial charge in [0.2, 0.25) is 0 Å². The standard InChI is InChI=1S/C15H18Si.Ti/c1-16(2)15(13-9-5-3-6-10-13)14-11-7-4-8-12-14;/h3-12,15-16H,1-2H3;. The van der Waals surface area contributed by atoms with Crippen LogP contribution in [0.1, 0.15) is 16.7 Å². The minimum Gasteiger partial charge on any atom is -0.0714 e. The van der Waals surface area contributed by atoms with E-state index in [2.05, 4.69) is 73.8 Å². The molecular formula is C15H18SiTi. The van der Waals surface area contributed by atoms with E-state index in [9.17, 15) is 0 Å². The summed E-state index contributed by atoms with van der Waals surface area (Å²) >= 11 is 0. The predicted molar refractivity (Wildman–Crippen MR) is 73.6 cm³/mol. The molecule has 0 saturated carbocycles. The van der Waals surface area contributed by atoms with Crippen LogP contribution in [0.4, 0.5) is 0 Å². The summed E-state index contributed by atoms with van der Waals surface area (Å²) in [6.07, 6.45) is 0. The second-order valence-electron chi connectivity index (χ2n) is 4.54. The summed E-state index contributed by atoms with van der Waals surface area (Å²) in [6.45, 7) is 4.84. The van der Waals surface area contributed by atoms with Crippen molar-refractivity contribution in [2.45, 2.75) is 18.6 Å². The molecule has 0 heterocycles. The van der Waals surface area contributed by atoms with Crippen molar-refractivity contribution < 1.29 is 21.7 Å². The summed E-state index contributed by atoms with van der Waals surface area (Å²) in [4.78, 5) is 0. The van der Waals surface area contributed by atoms with Crippen molar-refractivity contribution in [1.29, 1.82) is 0 Å². The van der Waals surface area contributed by atoms with Crippen molar-refractivity contribution in [3.8, 4) is 0 Å². The molecule has 0 aliphatic heterocycles. The molecule has 0 amide bonds. The van der Waals surface area contributed by atoms with Crippen molar-refractivity contribution in [1.82, 2.24) is 0 Å². The van der Waals surface area contributed by atoms with Gasteiger partial charge in [-0.2, -0.15) is 0 Å². The topological polar surface area (TPSA) is 0 Å². The van der Waals surface area contributed by atoms with E-state index in [1.807, 2.05) is 0 Å². The van der Waals surface area contributed by atoms with Crippen LogP contribution in [0.15, 0.2) is 60.7 Å². The molecule has 0 aliphatic rings. The fourth-order valence-corrected chi connectivity index (χ4v) is 4.27. The van der Waals surface area contributed by atoms with Crippen LogP contribution in [0.2, 0.25) is 13.1 Å². The molecule has 0 bridgehead atoms. The van der Waals surface area contributed by atoms with Gasteiger partial charge in [0.25, 0.3) is 0 Å². The zero-order valence-corrected chi connectivity index (χ0v) is 13.1. The number of benzene rings is 2. The van der Waals surface area contributed by atoms with Gasteiger partial charge in [-0.3, -0.25) is 0 Å². The number of hydrogen-bond donors (Lipinski definition) is 0. The van der Waals surface area contributed by atoms with E-state index in [1.165, 1.54) is 11.1 Å². The van der Waals surface area contributed by atoms with Crippen molar-refractivity contribution in [3.63, 3.8) is 0 Å². The van der Waals surface area contributed by atoms with Gasteiger partial charge in [0.15, 0.2) is 0 Å². The third kappa shape index (κ3) is 3.67. The Hall–Kier alpha value is -0.629. The van der Waals surface area contributed by atoms with Gasteiger partial charge in [-0.25, -0.2) is 0 Å². The molecule has 0 spiro atoms.